The van der Waals surface area contributed by atoms with Crippen molar-refractivity contribution in [1.82, 2.24) is 10.6 Å². The molecule has 0 saturated carbocycles. The molecule has 1 atom stereocenters. The summed E-state index contributed by atoms with van der Waals surface area (Å²) in [7, 11) is 0. The average molecular weight is 515 g/mol. The van der Waals surface area contributed by atoms with Crippen molar-refractivity contribution < 1.29 is 4.79 Å². The summed E-state index contributed by atoms with van der Waals surface area (Å²) in [5.74, 6) is 6.38. The molecule has 0 aliphatic rings. The molecule has 4 aromatic rings. The number of hydrogen-bond acceptors (Lipinski definition) is 2. The topological polar surface area (TPSA) is 41.1 Å². The largest absolute Gasteiger partial charge is 0.355 e. The molecule has 39 heavy (non-hydrogen) atoms. The van der Waals surface area contributed by atoms with Crippen molar-refractivity contribution in [3.63, 3.8) is 0 Å². The van der Waals surface area contributed by atoms with Crippen molar-refractivity contribution in [2.24, 2.45) is 5.41 Å². The SMILES string of the molecule is C[C@@H](NC/C=C/C#CC(C)(C)C(=O)NCCC(c1ccccc1)c1ccccc1)c1cccc2ccccc12. The van der Waals surface area contributed by atoms with Crippen LogP contribution >= 0.6 is 0 Å². The van der Waals surface area contributed by atoms with Crippen LogP contribution in [-0.4, -0.2) is 19.0 Å². The van der Waals surface area contributed by atoms with E-state index in [0.717, 1.165) is 6.42 Å². The van der Waals surface area contributed by atoms with Crippen molar-refractivity contribution >= 4 is 16.7 Å². The van der Waals surface area contributed by atoms with Gasteiger partial charge < -0.3 is 10.6 Å². The standard InChI is InChI=1S/C36H38N2O/c1-28(32-23-15-21-31-20-11-12-22-34(31)32)37-26-14-6-13-25-36(2,3)35(39)38-27-24-33(29-16-7-4-8-17-29)30-18-9-5-10-19-30/h4-12,14-23,28,33,37H,24,26-27H2,1-3H3,(H,38,39)/b14-6+/t28-/m1/s1. The number of allylic oxidation sites excluding steroid dienone is 1. The summed E-state index contributed by atoms with van der Waals surface area (Å²) in [6, 6.07) is 36.0. The Morgan fingerprint density at radius 3 is 2.15 bits per heavy atom. The van der Waals surface area contributed by atoms with Crippen LogP contribution in [0.3, 0.4) is 0 Å². The Hall–Kier alpha value is -4.13. The van der Waals surface area contributed by atoms with Crippen molar-refractivity contribution in [3.8, 4) is 11.8 Å². The molecule has 0 aromatic heterocycles. The summed E-state index contributed by atoms with van der Waals surface area (Å²) in [6.07, 6.45) is 4.66. The van der Waals surface area contributed by atoms with E-state index in [1.165, 1.54) is 27.5 Å². The Bertz CT molecular complexity index is 1400. The third-order valence-corrected chi connectivity index (χ3v) is 7.11. The number of benzene rings is 4. The summed E-state index contributed by atoms with van der Waals surface area (Å²) >= 11 is 0. The molecule has 3 heteroatoms. The van der Waals surface area contributed by atoms with Crippen LogP contribution in [0.15, 0.2) is 115 Å². The molecular formula is C36H38N2O. The molecule has 0 fully saturated rings. The van der Waals surface area contributed by atoms with Gasteiger partial charge in [-0.1, -0.05) is 121 Å². The molecule has 0 heterocycles. The molecule has 0 saturated heterocycles. The molecule has 0 bridgehead atoms. The summed E-state index contributed by atoms with van der Waals surface area (Å²) in [4.78, 5) is 12.9. The van der Waals surface area contributed by atoms with Crippen LogP contribution in [-0.2, 0) is 4.79 Å². The highest BCUT2D eigenvalue weighted by molar-refractivity contribution is 5.86. The number of nitrogens with one attached hydrogen (secondary N) is 2. The van der Waals surface area contributed by atoms with Gasteiger partial charge in [0.25, 0.3) is 0 Å². The van der Waals surface area contributed by atoms with E-state index in [-0.39, 0.29) is 17.9 Å². The fourth-order valence-corrected chi connectivity index (χ4v) is 4.83. The fourth-order valence-electron chi connectivity index (χ4n) is 4.83. The van der Waals surface area contributed by atoms with Gasteiger partial charge in [-0.2, -0.15) is 0 Å². The maximum Gasteiger partial charge on any atom is 0.237 e. The summed E-state index contributed by atoms with van der Waals surface area (Å²) in [5, 5.41) is 9.18. The third-order valence-electron chi connectivity index (χ3n) is 7.11. The van der Waals surface area contributed by atoms with Gasteiger partial charge in [-0.25, -0.2) is 0 Å². The normalized spacial score (nSPS) is 12.3. The zero-order chi connectivity index (χ0) is 27.5. The fraction of sp³-hybridized carbons (Fsp3) is 0.250. The molecule has 0 aliphatic heterocycles. The number of carbonyl (C=O) groups is 1. The number of carbonyl (C=O) groups excluding carboxylic acids is 1. The lowest BCUT2D eigenvalue weighted by atomic mass is 9.88. The number of amides is 1. The Kier molecular flexibility index (Phi) is 9.73. The third kappa shape index (κ3) is 7.69. The maximum atomic E-state index is 12.9. The van der Waals surface area contributed by atoms with Crippen LogP contribution in [0.4, 0.5) is 0 Å². The molecule has 2 N–H and O–H groups in total. The molecular weight excluding hydrogens is 476 g/mol. The lowest BCUT2D eigenvalue weighted by Crippen LogP contribution is -2.37. The first-order valence-electron chi connectivity index (χ1n) is 13.7. The van der Waals surface area contributed by atoms with Gasteiger partial charge in [-0.15, -0.1) is 0 Å². The van der Waals surface area contributed by atoms with E-state index < -0.39 is 5.41 Å². The van der Waals surface area contributed by atoms with Gasteiger partial charge in [0.2, 0.25) is 5.91 Å². The van der Waals surface area contributed by atoms with Crippen LogP contribution in [0, 0.1) is 17.3 Å². The maximum absolute atomic E-state index is 12.9. The molecule has 4 aromatic carbocycles. The van der Waals surface area contributed by atoms with Gasteiger partial charge in [-0.05, 0) is 60.7 Å². The summed E-state index contributed by atoms with van der Waals surface area (Å²) in [6.45, 7) is 7.21. The number of hydrogen-bond donors (Lipinski definition) is 2. The van der Waals surface area contributed by atoms with Gasteiger partial charge in [0.05, 0.1) is 0 Å². The Morgan fingerprint density at radius 2 is 1.46 bits per heavy atom. The van der Waals surface area contributed by atoms with Crippen molar-refractivity contribution in [2.45, 2.75) is 39.2 Å². The monoisotopic (exact) mass is 514 g/mol. The number of rotatable bonds is 10. The van der Waals surface area contributed by atoms with Crippen LogP contribution in [0.1, 0.15) is 55.8 Å². The highest BCUT2D eigenvalue weighted by Gasteiger charge is 2.25. The minimum Gasteiger partial charge on any atom is -0.355 e. The summed E-state index contributed by atoms with van der Waals surface area (Å²) < 4.78 is 0. The van der Waals surface area contributed by atoms with Gasteiger partial charge in [0, 0.05) is 25.0 Å². The molecule has 0 spiro atoms. The van der Waals surface area contributed by atoms with Crippen molar-refractivity contribution in [1.29, 1.82) is 0 Å². The second kappa shape index (κ2) is 13.6. The van der Waals surface area contributed by atoms with E-state index >= 15 is 0 Å². The second-order valence-electron chi connectivity index (χ2n) is 10.4. The molecule has 0 radical (unpaired) electrons. The van der Waals surface area contributed by atoms with E-state index in [1.807, 2.05) is 38.1 Å². The van der Waals surface area contributed by atoms with Gasteiger partial charge in [-0.3, -0.25) is 4.79 Å². The molecule has 0 aliphatic carbocycles. The van der Waals surface area contributed by atoms with E-state index in [1.54, 1.807) is 0 Å². The Balaban J connectivity index is 1.27. The average Bonchev–Trinajstić information content (AvgIpc) is 2.97. The predicted molar refractivity (Wildman–Crippen MR) is 163 cm³/mol. The van der Waals surface area contributed by atoms with Gasteiger partial charge in [0.1, 0.15) is 5.41 Å². The van der Waals surface area contributed by atoms with Gasteiger partial charge >= 0.3 is 0 Å². The molecule has 0 unspecified atom stereocenters. The molecule has 198 valence electrons. The highest BCUT2D eigenvalue weighted by Crippen LogP contribution is 2.28. The lowest BCUT2D eigenvalue weighted by Gasteiger charge is -2.21. The zero-order valence-corrected chi connectivity index (χ0v) is 23.2. The minimum absolute atomic E-state index is 0.0500. The minimum atomic E-state index is -0.775. The van der Waals surface area contributed by atoms with E-state index in [9.17, 15) is 4.79 Å². The first-order chi connectivity index (χ1) is 19.0. The molecule has 3 nitrogen and oxygen atoms in total. The smallest absolute Gasteiger partial charge is 0.237 e. The van der Waals surface area contributed by atoms with Crippen molar-refractivity contribution in [2.75, 3.05) is 13.1 Å². The van der Waals surface area contributed by atoms with E-state index in [0.29, 0.717) is 13.1 Å². The first kappa shape index (κ1) is 27.9. The van der Waals surface area contributed by atoms with Crippen molar-refractivity contribution in [3.05, 3.63) is 132 Å². The quantitative estimate of drug-likeness (QED) is 0.216. The predicted octanol–water partition coefficient (Wildman–Crippen LogP) is 7.41. The lowest BCUT2D eigenvalue weighted by molar-refractivity contribution is -0.126. The highest BCUT2D eigenvalue weighted by atomic mass is 16.2. The summed E-state index contributed by atoms with van der Waals surface area (Å²) in [5.41, 5.74) is 3.02. The zero-order valence-electron chi connectivity index (χ0n) is 23.2. The van der Waals surface area contributed by atoms with Crippen LogP contribution in [0.25, 0.3) is 10.8 Å². The Labute approximate surface area is 233 Å². The molecule has 1 amide bonds. The van der Waals surface area contributed by atoms with E-state index in [2.05, 4.69) is 120 Å². The van der Waals surface area contributed by atoms with Crippen LogP contribution in [0.5, 0.6) is 0 Å². The van der Waals surface area contributed by atoms with E-state index in [4.69, 9.17) is 0 Å². The Morgan fingerprint density at radius 1 is 0.846 bits per heavy atom. The number of fused-ring (bicyclic) bond motifs is 1. The van der Waals surface area contributed by atoms with Crippen LogP contribution < -0.4 is 10.6 Å². The van der Waals surface area contributed by atoms with Crippen LogP contribution in [0.2, 0.25) is 0 Å². The second-order valence-corrected chi connectivity index (χ2v) is 10.4. The first-order valence-corrected chi connectivity index (χ1v) is 13.7. The molecule has 4 rings (SSSR count). The van der Waals surface area contributed by atoms with Gasteiger partial charge in [0.15, 0.2) is 0 Å².